The summed E-state index contributed by atoms with van der Waals surface area (Å²) in [6, 6.07) is 7.14. The van der Waals surface area contributed by atoms with Crippen LogP contribution in [-0.2, 0) is 9.53 Å². The molecule has 8 heteroatoms. The standard InChI is InChI=1S/C16H14F3NO3S/c1-3-23-14(21)12-11(10-6-4-5-9(2)7-10)8-24-13(12)20-15(22)16(17,18)19/h4-8H,3H2,1-2H3,(H,20,22). The van der Waals surface area contributed by atoms with Gasteiger partial charge in [0.2, 0.25) is 0 Å². The van der Waals surface area contributed by atoms with E-state index in [4.69, 9.17) is 4.74 Å². The zero-order valence-electron chi connectivity index (χ0n) is 12.9. The number of nitrogens with one attached hydrogen (secondary N) is 1. The molecule has 0 aliphatic carbocycles. The van der Waals surface area contributed by atoms with Gasteiger partial charge in [0.1, 0.15) is 10.6 Å². The van der Waals surface area contributed by atoms with Crippen molar-refractivity contribution in [3.05, 3.63) is 40.8 Å². The number of hydrogen-bond acceptors (Lipinski definition) is 4. The number of alkyl halides is 3. The van der Waals surface area contributed by atoms with Gasteiger partial charge in [0, 0.05) is 10.9 Å². The van der Waals surface area contributed by atoms with Crippen LogP contribution in [-0.4, -0.2) is 24.7 Å². The van der Waals surface area contributed by atoms with Crippen LogP contribution in [0.3, 0.4) is 0 Å². The van der Waals surface area contributed by atoms with Crippen LogP contribution < -0.4 is 5.32 Å². The molecule has 4 nitrogen and oxygen atoms in total. The molecule has 1 amide bonds. The molecule has 1 N–H and O–H groups in total. The van der Waals surface area contributed by atoms with Gasteiger partial charge in [0.05, 0.1) is 6.61 Å². The second kappa shape index (κ2) is 7.04. The quantitative estimate of drug-likeness (QED) is 0.825. The summed E-state index contributed by atoms with van der Waals surface area (Å²) in [6.07, 6.45) is -5.04. The van der Waals surface area contributed by atoms with Crippen LogP contribution in [0.25, 0.3) is 11.1 Å². The van der Waals surface area contributed by atoms with Crippen molar-refractivity contribution >= 4 is 28.2 Å². The topological polar surface area (TPSA) is 55.4 Å². The summed E-state index contributed by atoms with van der Waals surface area (Å²) in [7, 11) is 0. The summed E-state index contributed by atoms with van der Waals surface area (Å²) in [5, 5.41) is 3.08. The van der Waals surface area contributed by atoms with E-state index in [2.05, 4.69) is 0 Å². The first-order chi connectivity index (χ1) is 11.2. The summed E-state index contributed by atoms with van der Waals surface area (Å²) >= 11 is 0.843. The SMILES string of the molecule is CCOC(=O)c1c(-c2cccc(C)c2)csc1NC(=O)C(F)(F)F. The van der Waals surface area contributed by atoms with Crippen molar-refractivity contribution in [2.75, 3.05) is 11.9 Å². The number of halogens is 3. The molecule has 0 spiro atoms. The van der Waals surface area contributed by atoms with Crippen molar-refractivity contribution in [2.24, 2.45) is 0 Å². The number of thiophene rings is 1. The lowest BCUT2D eigenvalue weighted by Crippen LogP contribution is -2.30. The number of anilines is 1. The first-order valence-corrected chi connectivity index (χ1v) is 7.85. The van der Waals surface area contributed by atoms with Gasteiger partial charge in [0.15, 0.2) is 0 Å². The molecule has 0 fully saturated rings. The highest BCUT2D eigenvalue weighted by Gasteiger charge is 2.39. The fraction of sp³-hybridized carbons (Fsp3) is 0.250. The lowest BCUT2D eigenvalue weighted by molar-refractivity contribution is -0.167. The van der Waals surface area contributed by atoms with Gasteiger partial charge in [-0.15, -0.1) is 11.3 Å². The highest BCUT2D eigenvalue weighted by molar-refractivity contribution is 7.15. The van der Waals surface area contributed by atoms with E-state index in [0.29, 0.717) is 11.1 Å². The van der Waals surface area contributed by atoms with Crippen LogP contribution >= 0.6 is 11.3 Å². The van der Waals surface area contributed by atoms with Gasteiger partial charge < -0.3 is 10.1 Å². The largest absolute Gasteiger partial charge is 0.471 e. The number of benzene rings is 1. The van der Waals surface area contributed by atoms with E-state index < -0.39 is 18.1 Å². The fourth-order valence-electron chi connectivity index (χ4n) is 2.05. The minimum Gasteiger partial charge on any atom is -0.462 e. The summed E-state index contributed by atoms with van der Waals surface area (Å²) in [5.41, 5.74) is 1.92. The molecule has 0 saturated heterocycles. The molecule has 24 heavy (non-hydrogen) atoms. The second-order valence-corrected chi connectivity index (χ2v) is 5.77. The van der Waals surface area contributed by atoms with E-state index in [0.717, 1.165) is 16.9 Å². The number of carbonyl (C=O) groups is 2. The lowest BCUT2D eigenvalue weighted by atomic mass is 10.0. The Kier molecular flexibility index (Phi) is 5.28. The van der Waals surface area contributed by atoms with Crippen molar-refractivity contribution < 1.29 is 27.5 Å². The Morgan fingerprint density at radius 3 is 2.58 bits per heavy atom. The van der Waals surface area contributed by atoms with E-state index in [1.165, 1.54) is 5.38 Å². The average molecular weight is 357 g/mol. The van der Waals surface area contributed by atoms with E-state index in [1.807, 2.05) is 13.0 Å². The number of ether oxygens (including phenoxy) is 1. The molecule has 0 aliphatic heterocycles. The number of amides is 1. The molecule has 0 unspecified atom stereocenters. The van der Waals surface area contributed by atoms with Crippen LogP contribution in [0.2, 0.25) is 0 Å². The van der Waals surface area contributed by atoms with Gasteiger partial charge in [-0.1, -0.05) is 29.8 Å². The normalized spacial score (nSPS) is 11.2. The molecule has 0 saturated carbocycles. The fourth-order valence-corrected chi connectivity index (χ4v) is 3.01. The smallest absolute Gasteiger partial charge is 0.462 e. The Labute approximate surface area is 140 Å². The molecule has 0 bridgehead atoms. The number of esters is 1. The average Bonchev–Trinajstić information content (AvgIpc) is 2.90. The predicted molar refractivity (Wildman–Crippen MR) is 85.1 cm³/mol. The van der Waals surface area contributed by atoms with Gasteiger partial charge in [-0.05, 0) is 19.4 Å². The first-order valence-electron chi connectivity index (χ1n) is 6.97. The third-order valence-electron chi connectivity index (χ3n) is 3.08. The van der Waals surface area contributed by atoms with Crippen LogP contribution in [0.1, 0.15) is 22.8 Å². The van der Waals surface area contributed by atoms with Crippen molar-refractivity contribution in [2.45, 2.75) is 20.0 Å². The maximum atomic E-state index is 12.5. The molecule has 1 heterocycles. The monoisotopic (exact) mass is 357 g/mol. The van der Waals surface area contributed by atoms with E-state index >= 15 is 0 Å². The second-order valence-electron chi connectivity index (χ2n) is 4.90. The van der Waals surface area contributed by atoms with Crippen molar-refractivity contribution in [3.63, 3.8) is 0 Å². The Morgan fingerprint density at radius 2 is 2.00 bits per heavy atom. The van der Waals surface area contributed by atoms with Gasteiger partial charge in [-0.2, -0.15) is 13.2 Å². The van der Waals surface area contributed by atoms with E-state index in [9.17, 15) is 22.8 Å². The molecular weight excluding hydrogens is 343 g/mol. The third-order valence-corrected chi connectivity index (χ3v) is 3.98. The third kappa shape index (κ3) is 3.94. The summed E-state index contributed by atoms with van der Waals surface area (Å²) in [4.78, 5) is 23.4. The Bertz CT molecular complexity index is 768. The molecular formula is C16H14F3NO3S. The zero-order valence-corrected chi connectivity index (χ0v) is 13.7. The minimum absolute atomic E-state index is 0.0641. The van der Waals surface area contributed by atoms with Gasteiger partial charge in [0.25, 0.3) is 0 Å². The highest BCUT2D eigenvalue weighted by Crippen LogP contribution is 2.37. The number of aryl methyl sites for hydroxylation is 1. The zero-order chi connectivity index (χ0) is 17.9. The maximum Gasteiger partial charge on any atom is 0.471 e. The maximum absolute atomic E-state index is 12.5. The van der Waals surface area contributed by atoms with Crippen LogP contribution in [0.4, 0.5) is 18.2 Å². The number of hydrogen-bond donors (Lipinski definition) is 1. The van der Waals surface area contributed by atoms with Crippen molar-refractivity contribution in [1.82, 2.24) is 0 Å². The lowest BCUT2D eigenvalue weighted by Gasteiger charge is -2.10. The molecule has 0 aliphatic rings. The predicted octanol–water partition coefficient (Wildman–Crippen LogP) is 4.40. The van der Waals surface area contributed by atoms with Crippen LogP contribution in [0.15, 0.2) is 29.6 Å². The van der Waals surface area contributed by atoms with Crippen LogP contribution in [0.5, 0.6) is 0 Å². The first kappa shape index (κ1) is 18.0. The molecule has 0 radical (unpaired) electrons. The number of carbonyl (C=O) groups excluding carboxylic acids is 2. The van der Waals surface area contributed by atoms with E-state index in [1.54, 1.807) is 30.4 Å². The van der Waals surface area contributed by atoms with Crippen LogP contribution in [0, 0.1) is 6.92 Å². The summed E-state index contributed by atoms with van der Waals surface area (Å²) in [6.45, 7) is 3.51. The molecule has 2 rings (SSSR count). The summed E-state index contributed by atoms with van der Waals surface area (Å²) < 4.78 is 42.3. The Hall–Kier alpha value is -2.35. The summed E-state index contributed by atoms with van der Waals surface area (Å²) in [5.74, 6) is -2.92. The molecule has 1 aromatic carbocycles. The molecule has 128 valence electrons. The molecule has 0 atom stereocenters. The number of rotatable bonds is 4. The van der Waals surface area contributed by atoms with Gasteiger partial charge >= 0.3 is 18.1 Å². The Morgan fingerprint density at radius 1 is 1.29 bits per heavy atom. The molecule has 2 aromatic rings. The van der Waals surface area contributed by atoms with Gasteiger partial charge in [-0.25, -0.2) is 4.79 Å². The highest BCUT2D eigenvalue weighted by atomic mass is 32.1. The molecule has 1 aromatic heterocycles. The minimum atomic E-state index is -5.04. The van der Waals surface area contributed by atoms with Gasteiger partial charge in [-0.3, -0.25) is 4.79 Å². The van der Waals surface area contributed by atoms with Crippen molar-refractivity contribution in [1.29, 1.82) is 0 Å². The van der Waals surface area contributed by atoms with E-state index in [-0.39, 0.29) is 17.2 Å². The Balaban J connectivity index is 2.49. The van der Waals surface area contributed by atoms with Crippen molar-refractivity contribution in [3.8, 4) is 11.1 Å².